The van der Waals surface area contributed by atoms with Crippen molar-refractivity contribution in [3.8, 4) is 5.75 Å². The third kappa shape index (κ3) is 2.36. The van der Waals surface area contributed by atoms with Crippen molar-refractivity contribution in [1.29, 1.82) is 0 Å². The third-order valence-electron chi connectivity index (χ3n) is 3.38. The molecular weight excluding hydrogens is 243 g/mol. The van der Waals surface area contributed by atoms with Crippen LogP contribution in [-0.2, 0) is 6.42 Å². The van der Waals surface area contributed by atoms with Crippen LogP contribution in [0.5, 0.6) is 5.75 Å². The van der Waals surface area contributed by atoms with Crippen molar-refractivity contribution in [3.05, 3.63) is 65.5 Å². The summed E-state index contributed by atoms with van der Waals surface area (Å²) < 4.78 is 18.5. The van der Waals surface area contributed by atoms with Gasteiger partial charge in [-0.2, -0.15) is 0 Å². The van der Waals surface area contributed by atoms with E-state index in [0.717, 1.165) is 11.3 Å². The minimum absolute atomic E-state index is 0.00880. The van der Waals surface area contributed by atoms with Gasteiger partial charge >= 0.3 is 0 Å². The molecule has 2 nitrogen and oxygen atoms in total. The Balaban J connectivity index is 1.81. The quantitative estimate of drug-likeness (QED) is 0.771. The van der Waals surface area contributed by atoms with Gasteiger partial charge in [-0.25, -0.2) is 4.39 Å². The number of benzene rings is 2. The highest BCUT2D eigenvalue weighted by Gasteiger charge is 2.26. The van der Waals surface area contributed by atoms with E-state index in [2.05, 4.69) is 0 Å². The standard InChI is InChI=1S/C16H13FO2/c17-14-7-5-11(6-8-14)16(18)13-9-12-3-1-2-4-15(12)19-10-13/h1-8,13H,9-10H2. The van der Waals surface area contributed by atoms with Crippen LogP contribution in [0.1, 0.15) is 15.9 Å². The van der Waals surface area contributed by atoms with Gasteiger partial charge in [0.2, 0.25) is 0 Å². The first-order valence-electron chi connectivity index (χ1n) is 6.24. The van der Waals surface area contributed by atoms with Gasteiger partial charge in [-0.15, -0.1) is 0 Å². The molecule has 0 bridgehead atoms. The molecule has 1 aliphatic heterocycles. The second-order valence-corrected chi connectivity index (χ2v) is 4.69. The average molecular weight is 256 g/mol. The van der Waals surface area contributed by atoms with Gasteiger partial charge in [0.25, 0.3) is 0 Å². The number of carbonyl (C=O) groups excluding carboxylic acids is 1. The first-order chi connectivity index (χ1) is 9.24. The van der Waals surface area contributed by atoms with Gasteiger partial charge < -0.3 is 4.74 Å². The number of carbonyl (C=O) groups is 1. The number of para-hydroxylation sites is 1. The number of rotatable bonds is 2. The predicted octanol–water partition coefficient (Wildman–Crippen LogP) is 3.26. The molecule has 0 N–H and O–H groups in total. The number of ketones is 1. The van der Waals surface area contributed by atoms with Crippen LogP contribution >= 0.6 is 0 Å². The molecule has 3 heteroatoms. The van der Waals surface area contributed by atoms with Crippen LogP contribution in [0.4, 0.5) is 4.39 Å². The molecular formula is C16H13FO2. The Kier molecular flexibility index (Phi) is 3.03. The maximum Gasteiger partial charge on any atom is 0.169 e. The summed E-state index contributed by atoms with van der Waals surface area (Å²) in [6, 6.07) is 13.4. The molecule has 0 aliphatic carbocycles. The first-order valence-corrected chi connectivity index (χ1v) is 6.24. The number of hydrogen-bond donors (Lipinski definition) is 0. The topological polar surface area (TPSA) is 26.3 Å². The molecule has 0 spiro atoms. The fraction of sp³-hybridized carbons (Fsp3) is 0.188. The van der Waals surface area contributed by atoms with E-state index in [-0.39, 0.29) is 17.5 Å². The Hall–Kier alpha value is -2.16. The summed E-state index contributed by atoms with van der Waals surface area (Å²) in [6.45, 7) is 0.382. The summed E-state index contributed by atoms with van der Waals surface area (Å²) in [5, 5.41) is 0. The molecule has 0 saturated heterocycles. The Bertz CT molecular complexity index is 604. The molecule has 0 radical (unpaired) electrons. The number of halogens is 1. The number of hydrogen-bond acceptors (Lipinski definition) is 2. The molecule has 0 fully saturated rings. The molecule has 2 aromatic carbocycles. The lowest BCUT2D eigenvalue weighted by molar-refractivity contribution is 0.0855. The molecule has 0 aromatic heterocycles. The summed E-state index contributed by atoms with van der Waals surface area (Å²) in [6.07, 6.45) is 0.673. The average Bonchev–Trinajstić information content (AvgIpc) is 2.47. The zero-order valence-electron chi connectivity index (χ0n) is 10.3. The van der Waals surface area contributed by atoms with Crippen molar-refractivity contribution in [2.45, 2.75) is 6.42 Å². The largest absolute Gasteiger partial charge is 0.493 e. The number of Topliss-reactive ketones (excluding diaryl/α,β-unsaturated/α-hetero) is 1. The summed E-state index contributed by atoms with van der Waals surface area (Å²) in [7, 11) is 0. The number of fused-ring (bicyclic) bond motifs is 1. The van der Waals surface area contributed by atoms with Crippen molar-refractivity contribution in [1.82, 2.24) is 0 Å². The van der Waals surface area contributed by atoms with Crippen LogP contribution in [-0.4, -0.2) is 12.4 Å². The predicted molar refractivity (Wildman–Crippen MR) is 69.9 cm³/mol. The molecule has 1 atom stereocenters. The van der Waals surface area contributed by atoms with Gasteiger partial charge in [0.15, 0.2) is 5.78 Å². The van der Waals surface area contributed by atoms with Crippen molar-refractivity contribution in [2.75, 3.05) is 6.61 Å². The van der Waals surface area contributed by atoms with Crippen molar-refractivity contribution in [2.24, 2.45) is 5.92 Å². The molecule has 0 amide bonds. The lowest BCUT2D eigenvalue weighted by Gasteiger charge is -2.24. The lowest BCUT2D eigenvalue weighted by Crippen LogP contribution is -2.28. The van der Waals surface area contributed by atoms with E-state index in [0.29, 0.717) is 18.6 Å². The lowest BCUT2D eigenvalue weighted by atomic mass is 9.90. The van der Waals surface area contributed by atoms with E-state index < -0.39 is 0 Å². The Morgan fingerprint density at radius 3 is 2.63 bits per heavy atom. The van der Waals surface area contributed by atoms with Crippen molar-refractivity contribution >= 4 is 5.78 Å². The highest BCUT2D eigenvalue weighted by atomic mass is 19.1. The Labute approximate surface area is 110 Å². The minimum Gasteiger partial charge on any atom is -0.493 e. The Morgan fingerprint density at radius 2 is 1.84 bits per heavy atom. The molecule has 3 rings (SSSR count). The van der Waals surface area contributed by atoms with E-state index in [1.54, 1.807) is 0 Å². The third-order valence-corrected chi connectivity index (χ3v) is 3.38. The van der Waals surface area contributed by atoms with Gasteiger partial charge in [-0.3, -0.25) is 4.79 Å². The van der Waals surface area contributed by atoms with Crippen LogP contribution in [0.3, 0.4) is 0 Å². The van der Waals surface area contributed by atoms with Crippen LogP contribution in [0.25, 0.3) is 0 Å². The summed E-state index contributed by atoms with van der Waals surface area (Å²) in [4.78, 5) is 12.3. The molecule has 1 aliphatic rings. The highest BCUT2D eigenvalue weighted by Crippen LogP contribution is 2.28. The van der Waals surface area contributed by atoms with E-state index in [4.69, 9.17) is 4.74 Å². The summed E-state index contributed by atoms with van der Waals surface area (Å²) >= 11 is 0. The minimum atomic E-state index is -0.332. The van der Waals surface area contributed by atoms with Gasteiger partial charge in [-0.1, -0.05) is 18.2 Å². The summed E-state index contributed by atoms with van der Waals surface area (Å²) in [5.41, 5.74) is 1.59. The second kappa shape index (κ2) is 4.84. The van der Waals surface area contributed by atoms with E-state index in [9.17, 15) is 9.18 Å². The molecule has 2 aromatic rings. The fourth-order valence-corrected chi connectivity index (χ4v) is 2.35. The van der Waals surface area contributed by atoms with Crippen molar-refractivity contribution < 1.29 is 13.9 Å². The molecule has 1 heterocycles. The molecule has 96 valence electrons. The molecule has 0 saturated carbocycles. The molecule has 19 heavy (non-hydrogen) atoms. The van der Waals surface area contributed by atoms with Crippen LogP contribution < -0.4 is 4.74 Å². The van der Waals surface area contributed by atoms with Crippen molar-refractivity contribution in [3.63, 3.8) is 0 Å². The van der Waals surface area contributed by atoms with Crippen LogP contribution in [0, 0.1) is 11.7 Å². The van der Waals surface area contributed by atoms with Gasteiger partial charge in [-0.05, 0) is 42.3 Å². The van der Waals surface area contributed by atoms with Crippen LogP contribution in [0.2, 0.25) is 0 Å². The second-order valence-electron chi connectivity index (χ2n) is 4.69. The zero-order valence-corrected chi connectivity index (χ0v) is 10.3. The first kappa shape index (κ1) is 11.9. The monoisotopic (exact) mass is 256 g/mol. The normalized spacial score (nSPS) is 17.4. The van der Waals surface area contributed by atoms with Gasteiger partial charge in [0, 0.05) is 5.56 Å². The van der Waals surface area contributed by atoms with Crippen LogP contribution in [0.15, 0.2) is 48.5 Å². The summed E-state index contributed by atoms with van der Waals surface area (Å²) in [5.74, 6) is 0.335. The smallest absolute Gasteiger partial charge is 0.169 e. The van der Waals surface area contributed by atoms with Gasteiger partial charge in [0.05, 0.1) is 12.5 Å². The van der Waals surface area contributed by atoms with E-state index in [1.807, 2.05) is 24.3 Å². The number of ether oxygens (including phenoxy) is 1. The van der Waals surface area contributed by atoms with Gasteiger partial charge in [0.1, 0.15) is 11.6 Å². The Morgan fingerprint density at radius 1 is 1.11 bits per heavy atom. The highest BCUT2D eigenvalue weighted by molar-refractivity contribution is 5.98. The SMILES string of the molecule is O=C(c1ccc(F)cc1)C1COc2ccccc2C1. The van der Waals surface area contributed by atoms with E-state index in [1.165, 1.54) is 24.3 Å². The maximum atomic E-state index is 12.9. The van der Waals surface area contributed by atoms with E-state index >= 15 is 0 Å². The zero-order chi connectivity index (χ0) is 13.2. The fourth-order valence-electron chi connectivity index (χ4n) is 2.35. The maximum absolute atomic E-state index is 12.9. The molecule has 1 unspecified atom stereocenters.